The minimum Gasteiger partial charge on any atom is -0.480 e. The van der Waals surface area contributed by atoms with Gasteiger partial charge in [-0.25, -0.2) is 4.79 Å². The van der Waals surface area contributed by atoms with Crippen LogP contribution in [-0.4, -0.2) is 42.1 Å². The number of aryl methyl sites for hydroxylation is 1. The van der Waals surface area contributed by atoms with Gasteiger partial charge in [-0.3, -0.25) is 9.69 Å². The minimum absolute atomic E-state index is 0.264. The van der Waals surface area contributed by atoms with E-state index < -0.39 is 5.97 Å². The van der Waals surface area contributed by atoms with Crippen molar-refractivity contribution in [1.29, 1.82) is 0 Å². The summed E-state index contributed by atoms with van der Waals surface area (Å²) in [5.74, 6) is 0.188. The molecule has 1 aromatic rings. The summed E-state index contributed by atoms with van der Waals surface area (Å²) in [6, 6.07) is 7.05. The molecule has 0 heterocycles. The average Bonchev–Trinajstić information content (AvgIpc) is 3.11. The van der Waals surface area contributed by atoms with Crippen LogP contribution in [0.1, 0.15) is 18.9 Å². The summed E-state index contributed by atoms with van der Waals surface area (Å²) in [4.78, 5) is 26.5. The first-order valence-electron chi connectivity index (χ1n) is 7.19. The number of hydrogen-bond acceptors (Lipinski definition) is 2. The third-order valence-corrected chi connectivity index (χ3v) is 3.98. The highest BCUT2D eigenvalue weighted by Gasteiger charge is 2.35. The fourth-order valence-electron chi connectivity index (χ4n) is 2.42. The molecule has 21 heavy (non-hydrogen) atoms. The molecule has 1 aromatic carbocycles. The van der Waals surface area contributed by atoms with E-state index >= 15 is 0 Å². The molecule has 0 aliphatic heterocycles. The SMILES string of the molecule is Cc1ccc(N(CC(=O)O)C(=O)N(C)CC2CC2C)cc1. The molecule has 114 valence electrons. The van der Waals surface area contributed by atoms with Gasteiger partial charge < -0.3 is 10.0 Å². The average molecular weight is 290 g/mol. The Morgan fingerprint density at radius 1 is 1.29 bits per heavy atom. The molecule has 1 saturated carbocycles. The predicted molar refractivity (Wildman–Crippen MR) is 81.5 cm³/mol. The zero-order valence-corrected chi connectivity index (χ0v) is 12.7. The largest absolute Gasteiger partial charge is 0.480 e. The molecule has 5 nitrogen and oxygen atoms in total. The number of nitrogens with zero attached hydrogens (tertiary/aromatic N) is 2. The summed E-state index contributed by atoms with van der Waals surface area (Å²) in [6.45, 7) is 4.47. The molecular formula is C16H22N2O3. The molecule has 0 bridgehead atoms. The second-order valence-corrected chi connectivity index (χ2v) is 5.95. The van der Waals surface area contributed by atoms with Gasteiger partial charge in [-0.15, -0.1) is 0 Å². The molecule has 2 atom stereocenters. The maximum Gasteiger partial charge on any atom is 0.324 e. The Labute approximate surface area is 125 Å². The van der Waals surface area contributed by atoms with E-state index in [0.29, 0.717) is 24.1 Å². The number of urea groups is 1. The molecule has 2 rings (SSSR count). The number of aliphatic carboxylic acids is 1. The van der Waals surface area contributed by atoms with Gasteiger partial charge >= 0.3 is 12.0 Å². The molecule has 2 amide bonds. The number of benzene rings is 1. The van der Waals surface area contributed by atoms with Crippen molar-refractivity contribution < 1.29 is 14.7 Å². The Bertz CT molecular complexity index is 527. The summed E-state index contributed by atoms with van der Waals surface area (Å²) in [7, 11) is 1.73. The fraction of sp³-hybridized carbons (Fsp3) is 0.500. The van der Waals surface area contributed by atoms with Crippen molar-refractivity contribution in [2.45, 2.75) is 20.3 Å². The van der Waals surface area contributed by atoms with E-state index in [1.54, 1.807) is 24.1 Å². The van der Waals surface area contributed by atoms with Gasteiger partial charge in [-0.05, 0) is 37.3 Å². The normalized spacial score (nSPS) is 20.0. The van der Waals surface area contributed by atoms with Crippen molar-refractivity contribution in [3.63, 3.8) is 0 Å². The van der Waals surface area contributed by atoms with Crippen molar-refractivity contribution in [3.8, 4) is 0 Å². The van der Waals surface area contributed by atoms with Crippen LogP contribution in [0.2, 0.25) is 0 Å². The number of carboxylic acid groups (broad SMARTS) is 1. The van der Waals surface area contributed by atoms with E-state index in [1.807, 2.05) is 19.1 Å². The maximum absolute atomic E-state index is 12.5. The highest BCUT2D eigenvalue weighted by Crippen LogP contribution is 2.38. The van der Waals surface area contributed by atoms with Crippen LogP contribution in [0.25, 0.3) is 0 Å². The number of carboxylic acids is 1. The number of anilines is 1. The Kier molecular flexibility index (Phi) is 4.50. The monoisotopic (exact) mass is 290 g/mol. The zero-order chi connectivity index (χ0) is 15.6. The van der Waals surface area contributed by atoms with Crippen molar-refractivity contribution in [3.05, 3.63) is 29.8 Å². The Balaban J connectivity index is 2.12. The van der Waals surface area contributed by atoms with Gasteiger partial charge in [0.1, 0.15) is 6.54 Å². The second kappa shape index (κ2) is 6.16. The third kappa shape index (κ3) is 3.97. The van der Waals surface area contributed by atoms with E-state index in [2.05, 4.69) is 6.92 Å². The van der Waals surface area contributed by atoms with Gasteiger partial charge in [0, 0.05) is 19.3 Å². The standard InChI is InChI=1S/C16H22N2O3/c1-11-4-6-14(7-5-11)18(10-15(19)20)16(21)17(3)9-13-8-12(13)2/h4-7,12-13H,8-10H2,1-3H3,(H,19,20). The molecule has 0 aromatic heterocycles. The Hall–Kier alpha value is -2.04. The Morgan fingerprint density at radius 3 is 2.33 bits per heavy atom. The van der Waals surface area contributed by atoms with Crippen LogP contribution in [-0.2, 0) is 4.79 Å². The molecule has 0 saturated heterocycles. The molecule has 2 unspecified atom stereocenters. The minimum atomic E-state index is -1.02. The zero-order valence-electron chi connectivity index (χ0n) is 12.7. The number of amides is 2. The molecule has 1 N–H and O–H groups in total. The third-order valence-electron chi connectivity index (χ3n) is 3.98. The van der Waals surface area contributed by atoms with Crippen LogP contribution in [0.5, 0.6) is 0 Å². The quantitative estimate of drug-likeness (QED) is 0.906. The highest BCUT2D eigenvalue weighted by molar-refractivity contribution is 5.96. The first-order chi connectivity index (χ1) is 9.88. The van der Waals surface area contributed by atoms with Gasteiger partial charge in [0.2, 0.25) is 0 Å². The van der Waals surface area contributed by atoms with Crippen LogP contribution < -0.4 is 4.90 Å². The van der Waals surface area contributed by atoms with Crippen molar-refractivity contribution in [2.75, 3.05) is 25.0 Å². The number of hydrogen-bond donors (Lipinski definition) is 1. The lowest BCUT2D eigenvalue weighted by molar-refractivity contribution is -0.135. The summed E-state index contributed by atoms with van der Waals surface area (Å²) in [6.07, 6.45) is 1.14. The molecule has 0 spiro atoms. The molecule has 5 heteroatoms. The van der Waals surface area contributed by atoms with E-state index in [4.69, 9.17) is 5.11 Å². The van der Waals surface area contributed by atoms with Gasteiger partial charge in [-0.1, -0.05) is 24.6 Å². The van der Waals surface area contributed by atoms with E-state index in [1.165, 1.54) is 4.90 Å². The summed E-state index contributed by atoms with van der Waals surface area (Å²) >= 11 is 0. The smallest absolute Gasteiger partial charge is 0.324 e. The van der Waals surface area contributed by atoms with Crippen LogP contribution in [0, 0.1) is 18.8 Å². The van der Waals surface area contributed by atoms with Crippen molar-refractivity contribution in [2.24, 2.45) is 11.8 Å². The lowest BCUT2D eigenvalue weighted by atomic mass is 10.2. The lowest BCUT2D eigenvalue weighted by Gasteiger charge is -2.27. The highest BCUT2D eigenvalue weighted by atomic mass is 16.4. The number of rotatable bonds is 5. The summed E-state index contributed by atoms with van der Waals surface area (Å²) in [5.41, 5.74) is 1.69. The molecule has 1 aliphatic carbocycles. The fourth-order valence-corrected chi connectivity index (χ4v) is 2.42. The topological polar surface area (TPSA) is 60.9 Å². The lowest BCUT2D eigenvalue weighted by Crippen LogP contribution is -2.44. The van der Waals surface area contributed by atoms with Gasteiger partial charge in [-0.2, -0.15) is 0 Å². The predicted octanol–water partition coefficient (Wildman–Crippen LogP) is 2.59. The van der Waals surface area contributed by atoms with Crippen LogP contribution in [0.4, 0.5) is 10.5 Å². The van der Waals surface area contributed by atoms with E-state index in [-0.39, 0.29) is 12.6 Å². The van der Waals surface area contributed by atoms with E-state index in [0.717, 1.165) is 12.0 Å². The Morgan fingerprint density at radius 2 is 1.86 bits per heavy atom. The second-order valence-electron chi connectivity index (χ2n) is 5.95. The number of carbonyl (C=O) groups excluding carboxylic acids is 1. The summed E-state index contributed by atoms with van der Waals surface area (Å²) in [5, 5.41) is 9.05. The first kappa shape index (κ1) is 15.4. The van der Waals surface area contributed by atoms with Crippen LogP contribution in [0.3, 0.4) is 0 Å². The molecule has 0 radical (unpaired) electrons. The molecule has 1 aliphatic rings. The van der Waals surface area contributed by atoms with Crippen LogP contribution >= 0.6 is 0 Å². The molecular weight excluding hydrogens is 268 g/mol. The van der Waals surface area contributed by atoms with Crippen molar-refractivity contribution >= 4 is 17.7 Å². The first-order valence-corrected chi connectivity index (χ1v) is 7.19. The van der Waals surface area contributed by atoms with Gasteiger partial charge in [0.15, 0.2) is 0 Å². The number of carbonyl (C=O) groups is 2. The van der Waals surface area contributed by atoms with E-state index in [9.17, 15) is 9.59 Å². The summed E-state index contributed by atoms with van der Waals surface area (Å²) < 4.78 is 0. The van der Waals surface area contributed by atoms with Gasteiger partial charge in [0.05, 0.1) is 0 Å². The van der Waals surface area contributed by atoms with Gasteiger partial charge in [0.25, 0.3) is 0 Å². The van der Waals surface area contributed by atoms with Crippen LogP contribution in [0.15, 0.2) is 24.3 Å². The van der Waals surface area contributed by atoms with Crippen molar-refractivity contribution in [1.82, 2.24) is 4.90 Å². The maximum atomic E-state index is 12.5. The molecule has 1 fully saturated rings.